The molecule has 2 heterocycles. The molecule has 1 fully saturated rings. The lowest BCUT2D eigenvalue weighted by Crippen LogP contribution is -2.31. The van der Waals surface area contributed by atoms with Crippen molar-refractivity contribution in [2.45, 2.75) is 26.2 Å². The number of hydrogen-bond acceptors (Lipinski definition) is 5. The maximum absolute atomic E-state index is 12.2. The minimum Gasteiger partial charge on any atom is -0.351 e. The monoisotopic (exact) mass is 344 g/mol. The first-order chi connectivity index (χ1) is 11.8. The summed E-state index contributed by atoms with van der Waals surface area (Å²) in [4.78, 5) is 15.4. The summed E-state index contributed by atoms with van der Waals surface area (Å²) in [7, 11) is 0. The van der Waals surface area contributed by atoms with Crippen LogP contribution in [0.15, 0.2) is 30.3 Å². The zero-order valence-electron chi connectivity index (χ0n) is 14.1. The van der Waals surface area contributed by atoms with Gasteiger partial charge in [0.2, 0.25) is 0 Å². The van der Waals surface area contributed by atoms with Gasteiger partial charge in [0.1, 0.15) is 4.88 Å². The minimum atomic E-state index is -0.0235. The molecular formula is C18H24N4OS. The molecule has 6 heteroatoms. The van der Waals surface area contributed by atoms with Gasteiger partial charge in [-0.2, -0.15) is 0 Å². The topological polar surface area (TPSA) is 58.1 Å². The van der Waals surface area contributed by atoms with Crippen LogP contribution in [0.1, 0.15) is 34.3 Å². The highest BCUT2D eigenvalue weighted by atomic mass is 32.1. The SMILES string of the molecule is CCc1nnsc1C(=O)NC[C@@H]1CCN(CCc2ccccc2)C1. The van der Waals surface area contributed by atoms with E-state index in [1.54, 1.807) is 0 Å². The summed E-state index contributed by atoms with van der Waals surface area (Å²) in [6.07, 6.45) is 2.99. The minimum absolute atomic E-state index is 0.0235. The molecular weight excluding hydrogens is 320 g/mol. The van der Waals surface area contributed by atoms with Gasteiger partial charge in [-0.05, 0) is 48.8 Å². The molecule has 1 N–H and O–H groups in total. The largest absolute Gasteiger partial charge is 0.351 e. The van der Waals surface area contributed by atoms with E-state index in [4.69, 9.17) is 0 Å². The fourth-order valence-corrected chi connectivity index (χ4v) is 3.81. The Morgan fingerprint density at radius 3 is 3.00 bits per heavy atom. The molecule has 0 aliphatic carbocycles. The molecule has 1 aliphatic rings. The second-order valence-electron chi connectivity index (χ2n) is 6.30. The van der Waals surface area contributed by atoms with E-state index in [2.05, 4.69) is 50.1 Å². The molecule has 1 aromatic heterocycles. The Balaban J connectivity index is 1.41. The Hall–Kier alpha value is -1.79. The number of nitrogens with one attached hydrogen (secondary N) is 1. The molecule has 1 atom stereocenters. The lowest BCUT2D eigenvalue weighted by atomic mass is 10.1. The first kappa shape index (κ1) is 17.0. The standard InChI is InChI=1S/C18H24N4OS/c1-2-16-17(24-21-20-16)18(23)19-12-15-9-11-22(13-15)10-8-14-6-4-3-5-7-14/h3-7,15H,2,8-13H2,1H3,(H,19,23)/t15-/m0/s1. The Labute approximate surface area is 147 Å². The second kappa shape index (κ2) is 8.35. The highest BCUT2D eigenvalue weighted by Gasteiger charge is 2.23. The van der Waals surface area contributed by atoms with Crippen LogP contribution in [0.4, 0.5) is 0 Å². The van der Waals surface area contributed by atoms with Crippen LogP contribution in [0.2, 0.25) is 0 Å². The first-order valence-electron chi connectivity index (χ1n) is 8.62. The molecule has 0 bridgehead atoms. The molecule has 3 rings (SSSR count). The van der Waals surface area contributed by atoms with Crippen molar-refractivity contribution in [3.05, 3.63) is 46.5 Å². The predicted octanol–water partition coefficient (Wildman–Crippen LogP) is 2.39. The Bertz CT molecular complexity index is 658. The van der Waals surface area contributed by atoms with Gasteiger partial charge in [-0.3, -0.25) is 4.79 Å². The van der Waals surface area contributed by atoms with Crippen LogP contribution in [0, 0.1) is 5.92 Å². The number of carbonyl (C=O) groups excluding carboxylic acids is 1. The number of carbonyl (C=O) groups is 1. The summed E-state index contributed by atoms with van der Waals surface area (Å²) >= 11 is 1.19. The molecule has 1 saturated heterocycles. The Morgan fingerprint density at radius 2 is 2.21 bits per heavy atom. The lowest BCUT2D eigenvalue weighted by molar-refractivity contribution is 0.0950. The predicted molar refractivity (Wildman–Crippen MR) is 96.3 cm³/mol. The van der Waals surface area contributed by atoms with E-state index in [0.717, 1.165) is 51.1 Å². The number of aromatic nitrogens is 2. The van der Waals surface area contributed by atoms with Gasteiger partial charge >= 0.3 is 0 Å². The summed E-state index contributed by atoms with van der Waals surface area (Å²) in [5.41, 5.74) is 2.19. The molecule has 0 radical (unpaired) electrons. The van der Waals surface area contributed by atoms with Gasteiger partial charge < -0.3 is 10.2 Å². The summed E-state index contributed by atoms with van der Waals surface area (Å²) in [5, 5.41) is 7.06. The van der Waals surface area contributed by atoms with E-state index < -0.39 is 0 Å². The molecule has 24 heavy (non-hydrogen) atoms. The van der Waals surface area contributed by atoms with Crippen molar-refractivity contribution >= 4 is 17.4 Å². The fourth-order valence-electron chi connectivity index (χ4n) is 3.14. The van der Waals surface area contributed by atoms with E-state index in [1.165, 1.54) is 17.1 Å². The molecule has 1 aromatic carbocycles. The first-order valence-corrected chi connectivity index (χ1v) is 9.39. The number of hydrogen-bond donors (Lipinski definition) is 1. The maximum atomic E-state index is 12.2. The highest BCUT2D eigenvalue weighted by molar-refractivity contribution is 7.08. The molecule has 1 amide bonds. The van der Waals surface area contributed by atoms with Gasteiger partial charge in [-0.1, -0.05) is 41.7 Å². The van der Waals surface area contributed by atoms with Crippen molar-refractivity contribution in [3.8, 4) is 0 Å². The van der Waals surface area contributed by atoms with E-state index in [1.807, 2.05) is 6.92 Å². The fraction of sp³-hybridized carbons (Fsp3) is 0.500. The third kappa shape index (κ3) is 4.39. The third-order valence-electron chi connectivity index (χ3n) is 4.58. The smallest absolute Gasteiger partial charge is 0.264 e. The average molecular weight is 344 g/mol. The van der Waals surface area contributed by atoms with Crippen LogP contribution in [0.5, 0.6) is 0 Å². The molecule has 1 aliphatic heterocycles. The highest BCUT2D eigenvalue weighted by Crippen LogP contribution is 2.17. The quantitative estimate of drug-likeness (QED) is 0.838. The van der Waals surface area contributed by atoms with Crippen molar-refractivity contribution in [2.75, 3.05) is 26.2 Å². The molecule has 128 valence electrons. The van der Waals surface area contributed by atoms with E-state index in [-0.39, 0.29) is 5.91 Å². The second-order valence-corrected chi connectivity index (χ2v) is 7.06. The van der Waals surface area contributed by atoms with Gasteiger partial charge in [0, 0.05) is 19.6 Å². The lowest BCUT2D eigenvalue weighted by Gasteiger charge is -2.16. The Morgan fingerprint density at radius 1 is 1.38 bits per heavy atom. The Kier molecular flexibility index (Phi) is 5.93. The molecule has 0 saturated carbocycles. The maximum Gasteiger partial charge on any atom is 0.264 e. The summed E-state index contributed by atoms with van der Waals surface area (Å²) in [6, 6.07) is 10.6. The summed E-state index contributed by atoms with van der Waals surface area (Å²) < 4.78 is 3.88. The molecule has 0 unspecified atom stereocenters. The number of rotatable bonds is 7. The number of aryl methyl sites for hydroxylation is 1. The van der Waals surface area contributed by atoms with Gasteiger partial charge in [-0.25, -0.2) is 0 Å². The molecule has 2 aromatic rings. The summed E-state index contributed by atoms with van der Waals surface area (Å²) in [5.74, 6) is 0.514. The number of nitrogens with zero attached hydrogens (tertiary/aromatic N) is 3. The van der Waals surface area contributed by atoms with Gasteiger partial charge in [0.25, 0.3) is 5.91 Å². The number of likely N-dealkylation sites (tertiary alicyclic amines) is 1. The van der Waals surface area contributed by atoms with Crippen molar-refractivity contribution in [1.29, 1.82) is 0 Å². The number of benzene rings is 1. The van der Waals surface area contributed by atoms with Crippen molar-refractivity contribution in [1.82, 2.24) is 19.8 Å². The van der Waals surface area contributed by atoms with Crippen LogP contribution in [-0.4, -0.2) is 46.6 Å². The van der Waals surface area contributed by atoms with Crippen molar-refractivity contribution < 1.29 is 4.79 Å². The van der Waals surface area contributed by atoms with E-state index >= 15 is 0 Å². The van der Waals surface area contributed by atoms with E-state index in [0.29, 0.717) is 10.8 Å². The number of amides is 1. The van der Waals surface area contributed by atoms with Gasteiger partial charge in [0.15, 0.2) is 0 Å². The summed E-state index contributed by atoms with van der Waals surface area (Å²) in [6.45, 7) is 6.01. The van der Waals surface area contributed by atoms with Crippen molar-refractivity contribution in [2.24, 2.45) is 5.92 Å². The van der Waals surface area contributed by atoms with Crippen LogP contribution >= 0.6 is 11.5 Å². The third-order valence-corrected chi connectivity index (χ3v) is 5.34. The van der Waals surface area contributed by atoms with Gasteiger partial charge in [0.05, 0.1) is 5.69 Å². The van der Waals surface area contributed by atoms with Crippen LogP contribution in [0.25, 0.3) is 0 Å². The normalized spacial score (nSPS) is 18.0. The van der Waals surface area contributed by atoms with Crippen LogP contribution in [-0.2, 0) is 12.8 Å². The zero-order valence-corrected chi connectivity index (χ0v) is 14.9. The van der Waals surface area contributed by atoms with Gasteiger partial charge in [-0.15, -0.1) is 5.10 Å². The van der Waals surface area contributed by atoms with E-state index in [9.17, 15) is 4.79 Å². The molecule has 0 spiro atoms. The van der Waals surface area contributed by atoms with Crippen LogP contribution < -0.4 is 5.32 Å². The molecule has 5 nitrogen and oxygen atoms in total. The average Bonchev–Trinajstić information content (AvgIpc) is 3.28. The van der Waals surface area contributed by atoms with Crippen LogP contribution in [0.3, 0.4) is 0 Å². The van der Waals surface area contributed by atoms with Crippen molar-refractivity contribution in [3.63, 3.8) is 0 Å². The zero-order chi connectivity index (χ0) is 16.8.